The van der Waals surface area contributed by atoms with Crippen LogP contribution in [0.15, 0.2) is 60.7 Å². The maximum Gasteiger partial charge on any atom is 0.187 e. The molecule has 1 saturated heterocycles. The number of hydrogen-bond donors (Lipinski definition) is 0. The first-order chi connectivity index (χ1) is 13.3. The van der Waals surface area contributed by atoms with Crippen molar-refractivity contribution in [2.45, 2.75) is 31.7 Å². The predicted octanol–water partition coefficient (Wildman–Crippen LogP) is 3.73. The molecule has 27 heavy (non-hydrogen) atoms. The van der Waals surface area contributed by atoms with Crippen molar-refractivity contribution in [2.24, 2.45) is 0 Å². The highest BCUT2D eigenvalue weighted by atomic mass is 16.6. The SMILES string of the molecule is CCN1CCN(CCCc2ccccc2)C(OC)C1(OC)c1ccccc1. The molecule has 4 heteroatoms. The number of hydrogen-bond acceptors (Lipinski definition) is 4. The Bertz CT molecular complexity index is 679. The Labute approximate surface area is 163 Å². The third-order valence-corrected chi connectivity index (χ3v) is 5.65. The van der Waals surface area contributed by atoms with E-state index in [1.807, 2.05) is 6.07 Å². The van der Waals surface area contributed by atoms with Crippen LogP contribution in [0.2, 0.25) is 0 Å². The van der Waals surface area contributed by atoms with Gasteiger partial charge in [-0.2, -0.15) is 0 Å². The minimum atomic E-state index is -0.588. The second-order valence-electron chi connectivity index (χ2n) is 7.06. The Balaban J connectivity index is 1.80. The third kappa shape index (κ3) is 4.09. The summed E-state index contributed by atoms with van der Waals surface area (Å²) in [5.41, 5.74) is 1.95. The molecule has 2 aromatic carbocycles. The van der Waals surface area contributed by atoms with Crippen LogP contribution in [-0.4, -0.2) is 56.4 Å². The molecular formula is C23H32N2O2. The lowest BCUT2D eigenvalue weighted by Gasteiger charge is -2.54. The van der Waals surface area contributed by atoms with Gasteiger partial charge in [-0.3, -0.25) is 9.80 Å². The largest absolute Gasteiger partial charge is 0.361 e. The fourth-order valence-electron chi connectivity index (χ4n) is 4.35. The summed E-state index contributed by atoms with van der Waals surface area (Å²) in [5, 5.41) is 0. The average molecular weight is 369 g/mol. The molecule has 0 aromatic heterocycles. The fourth-order valence-corrected chi connectivity index (χ4v) is 4.35. The average Bonchev–Trinajstić information content (AvgIpc) is 2.74. The Morgan fingerprint density at radius 1 is 0.963 bits per heavy atom. The maximum absolute atomic E-state index is 6.23. The molecule has 1 aliphatic heterocycles. The summed E-state index contributed by atoms with van der Waals surface area (Å²) in [6, 6.07) is 21.2. The van der Waals surface area contributed by atoms with Crippen LogP contribution < -0.4 is 0 Å². The van der Waals surface area contributed by atoms with Gasteiger partial charge in [0.05, 0.1) is 0 Å². The molecule has 146 valence electrons. The number of aryl methyl sites for hydroxylation is 1. The molecular weight excluding hydrogens is 336 g/mol. The Morgan fingerprint density at radius 3 is 2.22 bits per heavy atom. The molecule has 4 nitrogen and oxygen atoms in total. The number of piperazine rings is 1. The van der Waals surface area contributed by atoms with Gasteiger partial charge in [0, 0.05) is 39.4 Å². The standard InChI is InChI=1S/C23H32N2O2/c1-4-25-19-18-24(17-11-14-20-12-7-5-8-13-20)22(26-2)23(25,27-3)21-15-9-6-10-16-21/h5-10,12-13,15-16,22H,4,11,14,17-19H2,1-3H3. The van der Waals surface area contributed by atoms with E-state index in [0.717, 1.165) is 44.6 Å². The number of methoxy groups -OCH3 is 2. The van der Waals surface area contributed by atoms with Crippen molar-refractivity contribution in [3.05, 3.63) is 71.8 Å². The number of likely N-dealkylation sites (N-methyl/N-ethyl adjacent to an activating group) is 1. The first kappa shape index (κ1) is 20.0. The van der Waals surface area contributed by atoms with E-state index in [0.29, 0.717) is 0 Å². The van der Waals surface area contributed by atoms with Gasteiger partial charge in [-0.05, 0) is 24.9 Å². The van der Waals surface area contributed by atoms with Gasteiger partial charge in [0.1, 0.15) is 0 Å². The van der Waals surface area contributed by atoms with Gasteiger partial charge in [-0.15, -0.1) is 0 Å². The van der Waals surface area contributed by atoms with Gasteiger partial charge in [0.25, 0.3) is 0 Å². The minimum Gasteiger partial charge on any atom is -0.361 e. The van der Waals surface area contributed by atoms with Crippen LogP contribution in [0, 0.1) is 0 Å². The van der Waals surface area contributed by atoms with E-state index in [1.165, 1.54) is 5.56 Å². The van der Waals surface area contributed by atoms with Crippen molar-refractivity contribution in [3.63, 3.8) is 0 Å². The van der Waals surface area contributed by atoms with Crippen LogP contribution in [-0.2, 0) is 21.6 Å². The highest BCUT2D eigenvalue weighted by Crippen LogP contribution is 2.39. The molecule has 0 N–H and O–H groups in total. The molecule has 0 amide bonds. The predicted molar refractivity (Wildman–Crippen MR) is 110 cm³/mol. The quantitative estimate of drug-likeness (QED) is 0.709. The lowest BCUT2D eigenvalue weighted by atomic mass is 9.94. The maximum atomic E-state index is 6.23. The number of rotatable bonds is 8. The molecule has 3 rings (SSSR count). The number of ether oxygens (including phenoxy) is 2. The second-order valence-corrected chi connectivity index (χ2v) is 7.06. The van der Waals surface area contributed by atoms with E-state index in [-0.39, 0.29) is 6.23 Å². The highest BCUT2D eigenvalue weighted by Gasteiger charge is 2.51. The Hall–Kier alpha value is -1.72. The first-order valence-corrected chi connectivity index (χ1v) is 9.92. The lowest BCUT2D eigenvalue weighted by molar-refractivity contribution is -0.280. The molecule has 1 fully saturated rings. The summed E-state index contributed by atoms with van der Waals surface area (Å²) in [6.07, 6.45) is 2.04. The molecule has 0 aliphatic carbocycles. The van der Waals surface area contributed by atoms with Crippen molar-refractivity contribution in [2.75, 3.05) is 40.4 Å². The zero-order valence-electron chi connectivity index (χ0n) is 16.8. The van der Waals surface area contributed by atoms with E-state index < -0.39 is 5.72 Å². The second kappa shape index (κ2) is 9.47. The van der Waals surface area contributed by atoms with E-state index in [2.05, 4.69) is 71.3 Å². The van der Waals surface area contributed by atoms with Crippen LogP contribution in [0.5, 0.6) is 0 Å². The number of nitrogens with zero attached hydrogens (tertiary/aromatic N) is 2. The van der Waals surface area contributed by atoms with E-state index in [4.69, 9.17) is 9.47 Å². The molecule has 0 saturated carbocycles. The molecule has 0 bridgehead atoms. The van der Waals surface area contributed by atoms with Gasteiger partial charge in [-0.1, -0.05) is 67.6 Å². The topological polar surface area (TPSA) is 24.9 Å². The van der Waals surface area contributed by atoms with E-state index >= 15 is 0 Å². The molecule has 1 aliphatic rings. The van der Waals surface area contributed by atoms with Gasteiger partial charge in [0.15, 0.2) is 12.0 Å². The zero-order chi connectivity index (χ0) is 19.1. The van der Waals surface area contributed by atoms with E-state index in [9.17, 15) is 0 Å². The van der Waals surface area contributed by atoms with Crippen molar-refractivity contribution >= 4 is 0 Å². The van der Waals surface area contributed by atoms with Crippen molar-refractivity contribution in [3.8, 4) is 0 Å². The summed E-state index contributed by atoms with van der Waals surface area (Å²) in [6.45, 7) is 6.04. The lowest BCUT2D eigenvalue weighted by Crippen LogP contribution is -2.67. The summed E-state index contributed by atoms with van der Waals surface area (Å²) >= 11 is 0. The van der Waals surface area contributed by atoms with Gasteiger partial charge >= 0.3 is 0 Å². The van der Waals surface area contributed by atoms with Gasteiger partial charge in [-0.25, -0.2) is 0 Å². The third-order valence-electron chi connectivity index (χ3n) is 5.65. The molecule has 2 unspecified atom stereocenters. The summed E-state index contributed by atoms with van der Waals surface area (Å²) < 4.78 is 12.3. The Morgan fingerprint density at radius 2 is 1.63 bits per heavy atom. The molecule has 2 atom stereocenters. The van der Waals surface area contributed by atoms with Crippen LogP contribution in [0.1, 0.15) is 24.5 Å². The summed E-state index contributed by atoms with van der Waals surface area (Å²) in [4.78, 5) is 4.83. The zero-order valence-corrected chi connectivity index (χ0v) is 16.8. The van der Waals surface area contributed by atoms with Gasteiger partial charge in [0.2, 0.25) is 0 Å². The molecule has 2 aromatic rings. The van der Waals surface area contributed by atoms with Gasteiger partial charge < -0.3 is 9.47 Å². The van der Waals surface area contributed by atoms with Crippen LogP contribution in [0.4, 0.5) is 0 Å². The Kier molecular flexibility index (Phi) is 7.02. The molecule has 0 radical (unpaired) electrons. The number of benzene rings is 2. The highest BCUT2D eigenvalue weighted by molar-refractivity contribution is 5.25. The first-order valence-electron chi connectivity index (χ1n) is 9.92. The molecule has 0 spiro atoms. The normalized spacial score (nSPS) is 24.2. The van der Waals surface area contributed by atoms with Crippen molar-refractivity contribution < 1.29 is 9.47 Å². The fraction of sp³-hybridized carbons (Fsp3) is 0.478. The van der Waals surface area contributed by atoms with Crippen LogP contribution >= 0.6 is 0 Å². The van der Waals surface area contributed by atoms with Crippen molar-refractivity contribution in [1.29, 1.82) is 0 Å². The summed E-state index contributed by atoms with van der Waals surface area (Å²) in [7, 11) is 3.60. The van der Waals surface area contributed by atoms with Crippen molar-refractivity contribution in [1.82, 2.24) is 9.80 Å². The minimum absolute atomic E-state index is 0.144. The summed E-state index contributed by atoms with van der Waals surface area (Å²) in [5.74, 6) is 0. The smallest absolute Gasteiger partial charge is 0.187 e. The van der Waals surface area contributed by atoms with Crippen LogP contribution in [0.25, 0.3) is 0 Å². The molecule has 1 heterocycles. The van der Waals surface area contributed by atoms with E-state index in [1.54, 1.807) is 14.2 Å². The monoisotopic (exact) mass is 368 g/mol. The van der Waals surface area contributed by atoms with Crippen LogP contribution in [0.3, 0.4) is 0 Å².